The molecule has 0 saturated carbocycles. The number of amides is 3. The van der Waals surface area contributed by atoms with Crippen molar-refractivity contribution in [3.8, 4) is 0 Å². The van der Waals surface area contributed by atoms with E-state index in [0.717, 1.165) is 40.4 Å². The Bertz CT molecular complexity index is 1360. The molecule has 1 aromatic heterocycles. The van der Waals surface area contributed by atoms with Crippen molar-refractivity contribution in [3.05, 3.63) is 88.4 Å². The summed E-state index contributed by atoms with van der Waals surface area (Å²) in [5, 5.41) is 3.07. The highest BCUT2D eigenvalue weighted by atomic mass is 35.5. The predicted octanol–water partition coefficient (Wildman–Crippen LogP) is 5.81. The van der Waals surface area contributed by atoms with Crippen molar-refractivity contribution in [2.45, 2.75) is 17.4 Å². The number of aromatic nitrogens is 1. The Morgan fingerprint density at radius 1 is 1.11 bits per heavy atom. The van der Waals surface area contributed by atoms with E-state index in [-0.39, 0.29) is 12.0 Å². The van der Waals surface area contributed by atoms with Gasteiger partial charge in [0.15, 0.2) is 0 Å². The van der Waals surface area contributed by atoms with Gasteiger partial charge in [0.2, 0.25) is 5.91 Å². The molecule has 6 nitrogen and oxygen atoms in total. The van der Waals surface area contributed by atoms with Crippen LogP contribution >= 0.6 is 34.9 Å². The number of hydrogen-bond acceptors (Lipinski definition) is 5. The zero-order valence-electron chi connectivity index (χ0n) is 18.3. The van der Waals surface area contributed by atoms with Crippen LogP contribution in [0.1, 0.15) is 5.56 Å². The Balaban J connectivity index is 1.54. The highest BCUT2D eigenvalue weighted by molar-refractivity contribution is 7.98. The molecule has 4 aromatic rings. The molecule has 1 heterocycles. The summed E-state index contributed by atoms with van der Waals surface area (Å²) >= 11 is 8.57. The summed E-state index contributed by atoms with van der Waals surface area (Å²) in [4.78, 5) is 32.3. The summed E-state index contributed by atoms with van der Waals surface area (Å²) in [5.74, 6) is -2.01. The van der Waals surface area contributed by atoms with E-state index >= 15 is 0 Å². The number of rotatable bonds is 7. The molecule has 0 saturated heterocycles. The van der Waals surface area contributed by atoms with Crippen LogP contribution in [-0.4, -0.2) is 30.0 Å². The Morgan fingerprint density at radius 2 is 1.86 bits per heavy atom. The van der Waals surface area contributed by atoms with E-state index in [1.165, 1.54) is 16.2 Å². The van der Waals surface area contributed by atoms with Crippen molar-refractivity contribution in [1.29, 1.82) is 0 Å². The largest absolute Gasteiger partial charge is 0.325 e. The first-order valence-corrected chi connectivity index (χ1v) is 12.4. The average Bonchev–Trinajstić information content (AvgIpc) is 3.29. The predicted molar refractivity (Wildman–Crippen MR) is 136 cm³/mol. The molecule has 0 radical (unpaired) electrons. The van der Waals surface area contributed by atoms with E-state index in [2.05, 4.69) is 15.0 Å². The number of nitrogens with one attached hydrogen (secondary N) is 2. The molecular formula is C24H19ClF2N4O2S2. The Hall–Kier alpha value is -3.21. The van der Waals surface area contributed by atoms with Gasteiger partial charge in [0.05, 0.1) is 20.7 Å². The van der Waals surface area contributed by atoms with Gasteiger partial charge in [-0.3, -0.25) is 9.52 Å². The van der Waals surface area contributed by atoms with Crippen LogP contribution < -0.4 is 14.9 Å². The number of hydrogen-bond donors (Lipinski definition) is 2. The summed E-state index contributed by atoms with van der Waals surface area (Å²) in [7, 11) is 1.56. The second-order valence-corrected chi connectivity index (χ2v) is 9.69. The Labute approximate surface area is 213 Å². The van der Waals surface area contributed by atoms with Crippen LogP contribution in [0.5, 0.6) is 0 Å². The Kier molecular flexibility index (Phi) is 7.84. The van der Waals surface area contributed by atoms with Crippen LogP contribution in [0.3, 0.4) is 0 Å². The summed E-state index contributed by atoms with van der Waals surface area (Å²) in [6, 6.07) is 13.6. The maximum atomic E-state index is 13.8. The molecule has 1 atom stereocenters. The maximum Gasteiger partial charge on any atom is 0.325 e. The SMILES string of the molecule is CN(C(=O)C(Cc1cc(F)cc(F)c1)NC(=O)NSc1ccccc1Cl)c1ccc2scnc2c1. The number of fused-ring (bicyclic) bond motifs is 1. The van der Waals surface area contributed by atoms with Gasteiger partial charge in [-0.05, 0) is 60.0 Å². The lowest BCUT2D eigenvalue weighted by atomic mass is 10.0. The molecule has 3 amide bonds. The zero-order valence-corrected chi connectivity index (χ0v) is 20.7. The lowest BCUT2D eigenvalue weighted by Gasteiger charge is -2.25. The lowest BCUT2D eigenvalue weighted by Crippen LogP contribution is -2.50. The summed E-state index contributed by atoms with van der Waals surface area (Å²) in [6.45, 7) is 0. The summed E-state index contributed by atoms with van der Waals surface area (Å²) in [6.07, 6.45) is -0.124. The maximum absolute atomic E-state index is 13.8. The van der Waals surface area contributed by atoms with Crippen molar-refractivity contribution in [2.75, 3.05) is 11.9 Å². The van der Waals surface area contributed by atoms with E-state index < -0.39 is 29.6 Å². The minimum Gasteiger partial charge on any atom is -0.325 e. The number of urea groups is 1. The van der Waals surface area contributed by atoms with Crippen molar-refractivity contribution in [2.24, 2.45) is 0 Å². The van der Waals surface area contributed by atoms with Gasteiger partial charge < -0.3 is 10.2 Å². The number of halogens is 3. The molecule has 11 heteroatoms. The van der Waals surface area contributed by atoms with Gasteiger partial charge in [-0.25, -0.2) is 18.6 Å². The number of carbonyl (C=O) groups excluding carboxylic acids is 2. The third-order valence-corrected chi connectivity index (χ3v) is 7.20. The average molecular weight is 533 g/mol. The van der Waals surface area contributed by atoms with E-state index in [1.54, 1.807) is 49.0 Å². The van der Waals surface area contributed by atoms with Crippen LogP contribution in [0, 0.1) is 11.6 Å². The van der Waals surface area contributed by atoms with Gasteiger partial charge >= 0.3 is 6.03 Å². The van der Waals surface area contributed by atoms with Gasteiger partial charge in [0.25, 0.3) is 0 Å². The summed E-state index contributed by atoms with van der Waals surface area (Å²) < 4.78 is 31.1. The number of carbonyl (C=O) groups is 2. The number of benzene rings is 3. The number of thiazole rings is 1. The fourth-order valence-corrected chi connectivity index (χ4v) is 4.88. The molecule has 1 unspecified atom stereocenters. The second kappa shape index (κ2) is 11.0. The smallest absolute Gasteiger partial charge is 0.325 e. The van der Waals surface area contributed by atoms with Gasteiger partial charge in [-0.2, -0.15) is 0 Å². The third kappa shape index (κ3) is 6.27. The fourth-order valence-electron chi connectivity index (χ4n) is 3.40. The monoisotopic (exact) mass is 532 g/mol. The second-order valence-electron chi connectivity index (χ2n) is 7.54. The van der Waals surface area contributed by atoms with Crippen LogP contribution in [0.15, 0.2) is 71.1 Å². The molecule has 0 aliphatic rings. The van der Waals surface area contributed by atoms with Crippen LogP contribution in [-0.2, 0) is 11.2 Å². The molecule has 0 aliphatic carbocycles. The van der Waals surface area contributed by atoms with E-state index in [9.17, 15) is 18.4 Å². The minimum absolute atomic E-state index is 0.124. The minimum atomic E-state index is -1.11. The van der Waals surface area contributed by atoms with E-state index in [0.29, 0.717) is 15.6 Å². The van der Waals surface area contributed by atoms with E-state index in [1.807, 2.05) is 6.07 Å². The topological polar surface area (TPSA) is 74.3 Å². The first-order valence-electron chi connectivity index (χ1n) is 10.3. The fraction of sp³-hybridized carbons (Fsp3) is 0.125. The highest BCUT2D eigenvalue weighted by Crippen LogP contribution is 2.25. The molecule has 2 N–H and O–H groups in total. The van der Waals surface area contributed by atoms with Crippen molar-refractivity contribution in [3.63, 3.8) is 0 Å². The summed E-state index contributed by atoms with van der Waals surface area (Å²) in [5.41, 5.74) is 3.23. The molecule has 35 heavy (non-hydrogen) atoms. The number of likely N-dealkylation sites (N-methyl/N-ethyl adjacent to an activating group) is 1. The van der Waals surface area contributed by atoms with Crippen molar-refractivity contribution in [1.82, 2.24) is 15.0 Å². The standard InChI is InChI=1S/C24H19ClF2N4O2S2/c1-31(17-6-7-22-19(12-17)28-13-34-22)23(32)20(10-14-8-15(26)11-16(27)9-14)29-24(33)30-35-21-5-3-2-4-18(21)25/h2-9,11-13,20H,10H2,1H3,(H2,29,30,33). The van der Waals surface area contributed by atoms with Crippen molar-refractivity contribution >= 4 is 62.7 Å². The molecule has 0 spiro atoms. The molecular weight excluding hydrogens is 514 g/mol. The molecule has 0 bridgehead atoms. The van der Waals surface area contributed by atoms with Crippen LogP contribution in [0.25, 0.3) is 10.2 Å². The third-order valence-electron chi connectivity index (χ3n) is 5.09. The first-order chi connectivity index (χ1) is 16.8. The van der Waals surface area contributed by atoms with Crippen molar-refractivity contribution < 1.29 is 18.4 Å². The van der Waals surface area contributed by atoms with E-state index in [4.69, 9.17) is 11.6 Å². The highest BCUT2D eigenvalue weighted by Gasteiger charge is 2.26. The van der Waals surface area contributed by atoms with Gasteiger partial charge in [0.1, 0.15) is 17.7 Å². The number of anilines is 1. The van der Waals surface area contributed by atoms with Gasteiger partial charge in [-0.1, -0.05) is 23.7 Å². The van der Waals surface area contributed by atoms with Crippen LogP contribution in [0.4, 0.5) is 19.3 Å². The molecule has 0 fully saturated rings. The Morgan fingerprint density at radius 3 is 2.60 bits per heavy atom. The normalized spacial score (nSPS) is 11.8. The van der Waals surface area contributed by atoms with Gasteiger partial charge in [-0.15, -0.1) is 11.3 Å². The molecule has 3 aromatic carbocycles. The molecule has 180 valence electrons. The lowest BCUT2D eigenvalue weighted by molar-refractivity contribution is -0.120. The zero-order chi connectivity index (χ0) is 24.9. The molecule has 4 rings (SSSR count). The number of nitrogens with zero attached hydrogens (tertiary/aromatic N) is 2. The quantitative estimate of drug-likeness (QED) is 0.295. The first kappa shape index (κ1) is 24.9. The van der Waals surface area contributed by atoms with Gasteiger partial charge in [0, 0.05) is 30.1 Å². The van der Waals surface area contributed by atoms with Crippen LogP contribution in [0.2, 0.25) is 5.02 Å². The molecule has 0 aliphatic heterocycles.